The Labute approximate surface area is 121 Å². The van der Waals surface area contributed by atoms with Crippen molar-refractivity contribution in [1.82, 2.24) is 5.01 Å². The lowest BCUT2D eigenvalue weighted by atomic mass is 9.90. The monoisotopic (exact) mass is 270 g/mol. The van der Waals surface area contributed by atoms with Crippen LogP contribution in [-0.2, 0) is 11.2 Å². The molecule has 1 heterocycles. The van der Waals surface area contributed by atoms with Crippen LogP contribution in [0.3, 0.4) is 0 Å². The quantitative estimate of drug-likeness (QED) is 0.757. The van der Waals surface area contributed by atoms with Gasteiger partial charge in [-0.2, -0.15) is 5.10 Å². The van der Waals surface area contributed by atoms with Crippen LogP contribution in [0.5, 0.6) is 0 Å². The number of benzene rings is 1. The Kier molecular flexibility index (Phi) is 3.80. The van der Waals surface area contributed by atoms with Gasteiger partial charge in [-0.15, -0.1) is 0 Å². The van der Waals surface area contributed by atoms with E-state index in [9.17, 15) is 4.79 Å². The minimum atomic E-state index is -0.0170. The summed E-state index contributed by atoms with van der Waals surface area (Å²) in [4.78, 5) is 12.2. The molecule has 1 aromatic rings. The van der Waals surface area contributed by atoms with E-state index in [1.807, 2.05) is 13.8 Å². The standard InChI is InChI=1S/C17H22N2O/c1-7-14-8-9-15(11(3)10(14)2)12(4)16-13(5)18-19(6)17(16)20/h8-9H,7H2,1-6H3/b16-12-. The predicted octanol–water partition coefficient (Wildman–Crippen LogP) is 3.49. The summed E-state index contributed by atoms with van der Waals surface area (Å²) >= 11 is 0. The predicted molar refractivity (Wildman–Crippen MR) is 83.8 cm³/mol. The summed E-state index contributed by atoms with van der Waals surface area (Å²) < 4.78 is 0. The van der Waals surface area contributed by atoms with Crippen molar-refractivity contribution in [2.75, 3.05) is 7.05 Å². The molecule has 0 bridgehead atoms. The van der Waals surface area contributed by atoms with Crippen LogP contribution in [0.1, 0.15) is 43.0 Å². The SMILES string of the molecule is CCc1ccc(/C(C)=C2\C(=O)N(C)N=C2C)c(C)c1C. The fraction of sp³-hybridized carbons (Fsp3) is 0.412. The number of aryl methyl sites for hydroxylation is 1. The molecular formula is C17H22N2O. The normalized spacial score (nSPS) is 17.6. The number of nitrogens with zero attached hydrogens (tertiary/aromatic N) is 2. The van der Waals surface area contributed by atoms with Gasteiger partial charge in [0, 0.05) is 7.05 Å². The highest BCUT2D eigenvalue weighted by Crippen LogP contribution is 2.29. The summed E-state index contributed by atoms with van der Waals surface area (Å²) in [7, 11) is 1.70. The van der Waals surface area contributed by atoms with E-state index in [2.05, 4.69) is 38.0 Å². The highest BCUT2D eigenvalue weighted by Gasteiger charge is 2.27. The first-order valence-electron chi connectivity index (χ1n) is 7.02. The first-order valence-corrected chi connectivity index (χ1v) is 7.02. The van der Waals surface area contributed by atoms with Gasteiger partial charge in [0.2, 0.25) is 0 Å². The zero-order valence-electron chi connectivity index (χ0n) is 13.2. The second-order valence-electron chi connectivity index (χ2n) is 5.39. The van der Waals surface area contributed by atoms with Crippen molar-refractivity contribution >= 4 is 17.2 Å². The molecule has 0 saturated heterocycles. The largest absolute Gasteiger partial charge is 0.275 e. The van der Waals surface area contributed by atoms with E-state index in [0.717, 1.165) is 28.8 Å². The van der Waals surface area contributed by atoms with Crippen LogP contribution in [0, 0.1) is 13.8 Å². The van der Waals surface area contributed by atoms with Crippen LogP contribution >= 0.6 is 0 Å². The van der Waals surface area contributed by atoms with Crippen molar-refractivity contribution in [2.24, 2.45) is 5.10 Å². The summed E-state index contributed by atoms with van der Waals surface area (Å²) in [5.41, 5.74) is 7.63. The Morgan fingerprint density at radius 1 is 1.20 bits per heavy atom. The minimum absolute atomic E-state index is 0.0170. The second kappa shape index (κ2) is 5.23. The summed E-state index contributed by atoms with van der Waals surface area (Å²) in [5, 5.41) is 5.64. The maximum absolute atomic E-state index is 12.2. The van der Waals surface area contributed by atoms with E-state index in [-0.39, 0.29) is 5.91 Å². The van der Waals surface area contributed by atoms with Gasteiger partial charge in [0.25, 0.3) is 5.91 Å². The molecule has 0 aromatic heterocycles. The van der Waals surface area contributed by atoms with Gasteiger partial charge in [-0.05, 0) is 61.9 Å². The Morgan fingerprint density at radius 2 is 1.85 bits per heavy atom. The summed E-state index contributed by atoms with van der Waals surface area (Å²) in [5.74, 6) is -0.0170. The van der Waals surface area contributed by atoms with Gasteiger partial charge < -0.3 is 0 Å². The van der Waals surface area contributed by atoms with Gasteiger partial charge in [-0.25, -0.2) is 5.01 Å². The molecule has 0 radical (unpaired) electrons. The number of allylic oxidation sites excluding steroid dienone is 1. The number of hydrogen-bond donors (Lipinski definition) is 0. The molecule has 0 atom stereocenters. The first kappa shape index (κ1) is 14.5. The molecule has 2 rings (SSSR count). The molecule has 0 fully saturated rings. The van der Waals surface area contributed by atoms with Crippen LogP contribution in [-0.4, -0.2) is 23.7 Å². The lowest BCUT2D eigenvalue weighted by Crippen LogP contribution is -2.17. The van der Waals surface area contributed by atoms with Crippen molar-refractivity contribution in [3.05, 3.63) is 40.0 Å². The number of hydrazone groups is 1. The maximum atomic E-state index is 12.2. The van der Waals surface area contributed by atoms with Crippen molar-refractivity contribution in [3.8, 4) is 0 Å². The summed E-state index contributed by atoms with van der Waals surface area (Å²) in [6.45, 7) is 10.4. The van der Waals surface area contributed by atoms with Gasteiger partial charge in [0.1, 0.15) is 0 Å². The smallest absolute Gasteiger partial charge is 0.267 e. The summed E-state index contributed by atoms with van der Waals surface area (Å²) in [6.07, 6.45) is 1.03. The Bertz CT molecular complexity index is 639. The highest BCUT2D eigenvalue weighted by atomic mass is 16.2. The first-order chi connectivity index (χ1) is 9.38. The fourth-order valence-electron chi connectivity index (χ4n) is 2.87. The van der Waals surface area contributed by atoms with Crippen LogP contribution in [0.25, 0.3) is 5.57 Å². The number of rotatable bonds is 2. The average Bonchev–Trinajstić information content (AvgIpc) is 2.66. The van der Waals surface area contributed by atoms with E-state index >= 15 is 0 Å². The number of likely N-dealkylation sites (N-methyl/N-ethyl adjacent to an activating group) is 1. The van der Waals surface area contributed by atoms with Gasteiger partial charge in [0.15, 0.2) is 0 Å². The van der Waals surface area contributed by atoms with Gasteiger partial charge in [-0.3, -0.25) is 4.79 Å². The molecule has 0 N–H and O–H groups in total. The zero-order valence-corrected chi connectivity index (χ0v) is 13.2. The van der Waals surface area contributed by atoms with Crippen molar-refractivity contribution in [1.29, 1.82) is 0 Å². The summed E-state index contributed by atoms with van der Waals surface area (Å²) in [6, 6.07) is 4.29. The molecule has 20 heavy (non-hydrogen) atoms. The van der Waals surface area contributed by atoms with Crippen LogP contribution in [0.4, 0.5) is 0 Å². The third kappa shape index (κ3) is 2.17. The second-order valence-corrected chi connectivity index (χ2v) is 5.39. The topological polar surface area (TPSA) is 32.7 Å². The Balaban J connectivity index is 2.61. The molecule has 106 valence electrons. The minimum Gasteiger partial charge on any atom is -0.267 e. The molecule has 0 aliphatic carbocycles. The molecule has 0 spiro atoms. The Morgan fingerprint density at radius 3 is 2.35 bits per heavy atom. The lowest BCUT2D eigenvalue weighted by Gasteiger charge is -2.14. The van der Waals surface area contributed by atoms with Crippen LogP contribution < -0.4 is 0 Å². The molecule has 1 aliphatic heterocycles. The molecule has 0 saturated carbocycles. The Hall–Kier alpha value is -1.90. The number of carbonyl (C=O) groups is 1. The molecule has 1 aliphatic rings. The fourth-order valence-corrected chi connectivity index (χ4v) is 2.87. The molecular weight excluding hydrogens is 248 g/mol. The average molecular weight is 270 g/mol. The third-order valence-electron chi connectivity index (χ3n) is 4.23. The number of carbonyl (C=O) groups excluding carboxylic acids is 1. The van der Waals surface area contributed by atoms with E-state index in [0.29, 0.717) is 0 Å². The maximum Gasteiger partial charge on any atom is 0.275 e. The lowest BCUT2D eigenvalue weighted by molar-refractivity contribution is -0.124. The molecule has 1 aromatic carbocycles. The third-order valence-corrected chi connectivity index (χ3v) is 4.23. The molecule has 0 unspecified atom stereocenters. The van der Waals surface area contributed by atoms with Crippen molar-refractivity contribution in [2.45, 2.75) is 41.0 Å². The zero-order chi connectivity index (χ0) is 15.0. The molecule has 3 nitrogen and oxygen atoms in total. The van der Waals surface area contributed by atoms with Crippen LogP contribution in [0.2, 0.25) is 0 Å². The van der Waals surface area contributed by atoms with Crippen LogP contribution in [0.15, 0.2) is 22.8 Å². The van der Waals surface area contributed by atoms with Crippen molar-refractivity contribution in [3.63, 3.8) is 0 Å². The van der Waals surface area contributed by atoms with Gasteiger partial charge in [-0.1, -0.05) is 19.1 Å². The number of amides is 1. The molecule has 1 amide bonds. The van der Waals surface area contributed by atoms with E-state index in [1.54, 1.807) is 7.05 Å². The van der Waals surface area contributed by atoms with E-state index in [1.165, 1.54) is 21.7 Å². The van der Waals surface area contributed by atoms with E-state index < -0.39 is 0 Å². The van der Waals surface area contributed by atoms with Gasteiger partial charge >= 0.3 is 0 Å². The van der Waals surface area contributed by atoms with E-state index in [4.69, 9.17) is 0 Å². The van der Waals surface area contributed by atoms with Crippen molar-refractivity contribution < 1.29 is 4.79 Å². The van der Waals surface area contributed by atoms with Gasteiger partial charge in [0.05, 0.1) is 11.3 Å². The number of hydrogen-bond acceptors (Lipinski definition) is 2. The highest BCUT2D eigenvalue weighted by molar-refractivity contribution is 6.28. The molecule has 3 heteroatoms.